The fraction of sp³-hybridized carbons (Fsp3) is 0.105. The van der Waals surface area contributed by atoms with Crippen LogP contribution < -0.4 is 10.9 Å². The lowest BCUT2D eigenvalue weighted by molar-refractivity contribution is 0.102. The molecular weight excluding hydrogens is 394 g/mol. The van der Waals surface area contributed by atoms with E-state index in [-0.39, 0.29) is 11.5 Å². The molecule has 3 aromatic heterocycles. The summed E-state index contributed by atoms with van der Waals surface area (Å²) < 4.78 is 2.21. The summed E-state index contributed by atoms with van der Waals surface area (Å²) in [7, 11) is 0. The van der Waals surface area contributed by atoms with E-state index < -0.39 is 0 Å². The molecule has 0 spiro atoms. The molecule has 4 rings (SSSR count). The second kappa shape index (κ2) is 7.91. The maximum absolute atomic E-state index is 12.2. The van der Waals surface area contributed by atoms with Gasteiger partial charge in [-0.1, -0.05) is 41.3 Å². The van der Waals surface area contributed by atoms with Crippen molar-refractivity contribution in [2.24, 2.45) is 0 Å². The molecule has 0 saturated heterocycles. The van der Waals surface area contributed by atoms with Crippen LogP contribution in [0.3, 0.4) is 0 Å². The molecule has 0 aliphatic carbocycles. The minimum atomic E-state index is -0.229. The van der Waals surface area contributed by atoms with Crippen LogP contribution >= 0.6 is 23.1 Å². The molecule has 0 unspecified atom stereocenters. The quantitative estimate of drug-likeness (QED) is 0.401. The van der Waals surface area contributed by atoms with Crippen molar-refractivity contribution < 1.29 is 4.79 Å². The molecule has 1 aromatic carbocycles. The fourth-order valence-corrected chi connectivity index (χ4v) is 4.18. The summed E-state index contributed by atoms with van der Waals surface area (Å²) in [4.78, 5) is 28.9. The van der Waals surface area contributed by atoms with Crippen LogP contribution in [-0.2, 0) is 5.75 Å². The van der Waals surface area contributed by atoms with Gasteiger partial charge in [0.15, 0.2) is 4.34 Å². The number of carbonyl (C=O) groups is 1. The number of hydrogen-bond acceptors (Lipinski definition) is 7. The average molecular weight is 409 g/mol. The summed E-state index contributed by atoms with van der Waals surface area (Å²) in [6.07, 6.45) is 1.73. The third-order valence-corrected chi connectivity index (χ3v) is 5.89. The lowest BCUT2D eigenvalue weighted by Gasteiger charge is -2.04. The highest BCUT2D eigenvalue weighted by atomic mass is 32.2. The molecule has 0 aliphatic rings. The number of benzene rings is 1. The van der Waals surface area contributed by atoms with Crippen LogP contribution in [0.2, 0.25) is 0 Å². The van der Waals surface area contributed by atoms with Crippen molar-refractivity contribution in [3.8, 4) is 0 Å². The summed E-state index contributed by atoms with van der Waals surface area (Å²) >= 11 is 2.70. The van der Waals surface area contributed by atoms with Crippen LogP contribution in [0.15, 0.2) is 63.9 Å². The molecule has 4 aromatic rings. The lowest BCUT2D eigenvalue weighted by atomic mass is 10.2. The van der Waals surface area contributed by atoms with Gasteiger partial charge in [0.05, 0.1) is 5.69 Å². The van der Waals surface area contributed by atoms with E-state index in [9.17, 15) is 9.59 Å². The molecule has 0 fully saturated rings. The Morgan fingerprint density at radius 1 is 1.18 bits per heavy atom. The molecule has 0 saturated carbocycles. The van der Waals surface area contributed by atoms with Gasteiger partial charge in [-0.25, -0.2) is 4.98 Å². The SMILES string of the molecule is Cc1ccn2c(=O)cc(CSc3nnc(NC(=O)c4ccccc4)s3)nc2c1. The average Bonchev–Trinajstić information content (AvgIpc) is 3.14. The van der Waals surface area contributed by atoms with Crippen LogP contribution in [0.25, 0.3) is 5.65 Å². The fourth-order valence-electron chi connectivity index (χ4n) is 2.54. The molecule has 0 atom stereocenters. The number of carbonyl (C=O) groups excluding carboxylic acids is 1. The zero-order chi connectivity index (χ0) is 19.5. The van der Waals surface area contributed by atoms with E-state index >= 15 is 0 Å². The van der Waals surface area contributed by atoms with Crippen molar-refractivity contribution in [2.45, 2.75) is 17.0 Å². The number of hydrogen-bond donors (Lipinski definition) is 1. The van der Waals surface area contributed by atoms with Crippen molar-refractivity contribution >= 4 is 39.8 Å². The monoisotopic (exact) mass is 409 g/mol. The first-order chi connectivity index (χ1) is 13.6. The van der Waals surface area contributed by atoms with E-state index in [0.717, 1.165) is 5.56 Å². The van der Waals surface area contributed by atoms with Crippen molar-refractivity contribution in [3.63, 3.8) is 0 Å². The number of fused-ring (bicyclic) bond motifs is 1. The Hall–Kier alpha value is -3.04. The Balaban J connectivity index is 1.44. The van der Waals surface area contributed by atoms with Crippen LogP contribution in [-0.4, -0.2) is 25.5 Å². The molecule has 3 heterocycles. The van der Waals surface area contributed by atoms with Gasteiger partial charge in [0.25, 0.3) is 11.5 Å². The zero-order valence-corrected chi connectivity index (χ0v) is 16.5. The molecule has 9 heteroatoms. The van der Waals surface area contributed by atoms with E-state index in [1.807, 2.05) is 25.1 Å². The minimum Gasteiger partial charge on any atom is -0.296 e. The first-order valence-corrected chi connectivity index (χ1v) is 10.2. The number of pyridine rings is 1. The number of rotatable bonds is 5. The predicted molar refractivity (Wildman–Crippen MR) is 110 cm³/mol. The smallest absolute Gasteiger partial charge is 0.258 e. The summed E-state index contributed by atoms with van der Waals surface area (Å²) in [5.74, 6) is 0.258. The Morgan fingerprint density at radius 3 is 2.82 bits per heavy atom. The summed E-state index contributed by atoms with van der Waals surface area (Å²) in [5.41, 5.74) is 2.78. The van der Waals surface area contributed by atoms with E-state index in [0.29, 0.717) is 32.1 Å². The first-order valence-electron chi connectivity index (χ1n) is 8.40. The molecule has 1 N–H and O–H groups in total. The molecule has 28 heavy (non-hydrogen) atoms. The number of anilines is 1. The normalized spacial score (nSPS) is 10.9. The van der Waals surface area contributed by atoms with Crippen LogP contribution in [0, 0.1) is 6.92 Å². The topological polar surface area (TPSA) is 89.3 Å². The number of aromatic nitrogens is 4. The summed E-state index contributed by atoms with van der Waals surface area (Å²) in [6.45, 7) is 1.96. The maximum atomic E-state index is 12.2. The summed E-state index contributed by atoms with van der Waals surface area (Å²) in [6, 6.07) is 14.2. The van der Waals surface area contributed by atoms with Crippen molar-refractivity contribution in [1.82, 2.24) is 19.6 Å². The van der Waals surface area contributed by atoms with Gasteiger partial charge in [0.1, 0.15) is 5.65 Å². The van der Waals surface area contributed by atoms with E-state index in [4.69, 9.17) is 0 Å². The molecule has 7 nitrogen and oxygen atoms in total. The summed E-state index contributed by atoms with van der Waals surface area (Å²) in [5, 5.41) is 11.3. The Labute approximate surface area is 168 Å². The molecule has 0 bridgehead atoms. The Morgan fingerprint density at radius 2 is 2.00 bits per heavy atom. The largest absolute Gasteiger partial charge is 0.296 e. The minimum absolute atomic E-state index is 0.117. The highest BCUT2D eigenvalue weighted by molar-refractivity contribution is 8.00. The number of nitrogens with one attached hydrogen (secondary N) is 1. The van der Waals surface area contributed by atoms with Crippen molar-refractivity contribution in [1.29, 1.82) is 0 Å². The van der Waals surface area contributed by atoms with Crippen molar-refractivity contribution in [2.75, 3.05) is 5.32 Å². The molecule has 0 radical (unpaired) electrons. The Bertz CT molecular complexity index is 1200. The second-order valence-electron chi connectivity index (χ2n) is 6.00. The molecule has 0 aliphatic heterocycles. The standard InChI is InChI=1S/C19H15N5O2S2/c1-12-7-8-24-15(9-12)20-14(10-16(24)25)11-27-19-23-22-18(28-19)21-17(26)13-5-3-2-4-6-13/h2-10H,11H2,1H3,(H,21,22,26). The predicted octanol–water partition coefficient (Wildman–Crippen LogP) is 3.40. The molecule has 140 valence electrons. The third kappa shape index (κ3) is 4.10. The van der Waals surface area contributed by atoms with Crippen LogP contribution in [0.5, 0.6) is 0 Å². The first kappa shape index (κ1) is 18.3. The van der Waals surface area contributed by atoms with Gasteiger partial charge in [-0.2, -0.15) is 0 Å². The van der Waals surface area contributed by atoms with Crippen LogP contribution in [0.1, 0.15) is 21.6 Å². The van der Waals surface area contributed by atoms with Gasteiger partial charge < -0.3 is 0 Å². The van der Waals surface area contributed by atoms with Gasteiger partial charge >= 0.3 is 0 Å². The second-order valence-corrected chi connectivity index (χ2v) is 8.20. The van der Waals surface area contributed by atoms with E-state index in [1.54, 1.807) is 30.5 Å². The van der Waals surface area contributed by atoms with Crippen molar-refractivity contribution in [3.05, 3.63) is 81.9 Å². The van der Waals surface area contributed by atoms with Gasteiger partial charge in [0, 0.05) is 23.6 Å². The van der Waals surface area contributed by atoms with E-state index in [1.165, 1.54) is 33.6 Å². The van der Waals surface area contributed by atoms with Crippen LogP contribution in [0.4, 0.5) is 5.13 Å². The Kier molecular flexibility index (Phi) is 5.18. The highest BCUT2D eigenvalue weighted by Crippen LogP contribution is 2.28. The number of aryl methyl sites for hydroxylation is 1. The molecular formula is C19H15N5O2S2. The van der Waals surface area contributed by atoms with E-state index in [2.05, 4.69) is 20.5 Å². The van der Waals surface area contributed by atoms with Gasteiger partial charge in [0.2, 0.25) is 5.13 Å². The highest BCUT2D eigenvalue weighted by Gasteiger charge is 2.11. The number of amides is 1. The van der Waals surface area contributed by atoms with Gasteiger partial charge in [-0.05, 0) is 36.8 Å². The third-order valence-electron chi connectivity index (χ3n) is 3.88. The molecule has 1 amide bonds. The number of thioether (sulfide) groups is 1. The lowest BCUT2D eigenvalue weighted by Crippen LogP contribution is -2.15. The zero-order valence-electron chi connectivity index (χ0n) is 14.8. The number of nitrogens with zero attached hydrogens (tertiary/aromatic N) is 4. The van der Waals surface area contributed by atoms with Gasteiger partial charge in [-0.3, -0.25) is 19.3 Å². The van der Waals surface area contributed by atoms with Gasteiger partial charge in [-0.15, -0.1) is 10.2 Å². The maximum Gasteiger partial charge on any atom is 0.258 e.